The van der Waals surface area contributed by atoms with Gasteiger partial charge in [-0.3, -0.25) is 4.79 Å². The van der Waals surface area contributed by atoms with Crippen LogP contribution < -0.4 is 0 Å². The highest BCUT2D eigenvalue weighted by molar-refractivity contribution is 6.74. The van der Waals surface area contributed by atoms with E-state index in [2.05, 4.69) is 53.5 Å². The van der Waals surface area contributed by atoms with Crippen LogP contribution in [0, 0.1) is 0 Å². The lowest BCUT2D eigenvalue weighted by molar-refractivity contribution is -0.127. The molecule has 0 amide bonds. The number of hydrogen-bond donors (Lipinski definition) is 0. The Morgan fingerprint density at radius 1 is 1.00 bits per heavy atom. The summed E-state index contributed by atoms with van der Waals surface area (Å²) in [7, 11) is -4.05. The molecular formula is C24H40O5Si2. The maximum absolute atomic E-state index is 13.0. The van der Waals surface area contributed by atoms with Crippen LogP contribution in [0.25, 0.3) is 0 Å². The van der Waals surface area contributed by atoms with Crippen LogP contribution in [0.5, 0.6) is 0 Å². The average molecular weight is 465 g/mol. The Morgan fingerprint density at radius 2 is 1.65 bits per heavy atom. The molecule has 5 nitrogen and oxygen atoms in total. The molecule has 1 aliphatic rings. The zero-order valence-corrected chi connectivity index (χ0v) is 22.4. The summed E-state index contributed by atoms with van der Waals surface area (Å²) in [4.78, 5) is 13.0. The first kappa shape index (κ1) is 26.2. The summed E-state index contributed by atoms with van der Waals surface area (Å²) >= 11 is 0. The fraction of sp³-hybridized carbons (Fsp3) is 0.625. The number of carbonyl (C=O) groups excluding carboxylic acids is 1. The van der Waals surface area contributed by atoms with Crippen molar-refractivity contribution in [2.75, 3.05) is 6.79 Å². The minimum absolute atomic E-state index is 0.0363. The van der Waals surface area contributed by atoms with Crippen molar-refractivity contribution in [3.8, 4) is 0 Å². The monoisotopic (exact) mass is 464 g/mol. The molecule has 1 aliphatic carbocycles. The van der Waals surface area contributed by atoms with Crippen molar-refractivity contribution in [2.24, 2.45) is 0 Å². The predicted octanol–water partition coefficient (Wildman–Crippen LogP) is 5.69. The van der Waals surface area contributed by atoms with Gasteiger partial charge in [-0.1, -0.05) is 57.2 Å². The predicted molar refractivity (Wildman–Crippen MR) is 130 cm³/mol. The van der Waals surface area contributed by atoms with E-state index in [1.165, 1.54) is 0 Å². The van der Waals surface area contributed by atoms with Crippen LogP contribution in [0.1, 0.15) is 32.8 Å². The van der Waals surface area contributed by atoms with E-state index in [1.54, 1.807) is 6.08 Å². The summed E-state index contributed by atoms with van der Waals surface area (Å²) in [6.07, 6.45) is 2.80. The lowest BCUT2D eigenvalue weighted by atomic mass is 10.1. The molecule has 0 heterocycles. The van der Waals surface area contributed by atoms with Crippen LogP contribution in [0.4, 0.5) is 0 Å². The SMILES string of the molecule is CC(C)(C)[Si](C)(C)O[C@H]1C[C@@H](OCOCc2ccccc2)C=CC(=O)[C@@H]1O[Si](C)(C)C. The number of benzene rings is 1. The molecule has 1 aromatic carbocycles. The van der Waals surface area contributed by atoms with Crippen LogP contribution in [-0.2, 0) is 29.7 Å². The first-order valence-corrected chi connectivity index (χ1v) is 17.4. The topological polar surface area (TPSA) is 54.0 Å². The summed E-state index contributed by atoms with van der Waals surface area (Å²) in [5, 5.41) is 0.0363. The minimum Gasteiger partial charge on any atom is -0.411 e. The molecule has 174 valence electrons. The maximum Gasteiger partial charge on any atom is 0.192 e. The molecule has 7 heteroatoms. The van der Waals surface area contributed by atoms with Gasteiger partial charge in [0, 0.05) is 6.42 Å². The van der Waals surface area contributed by atoms with E-state index in [1.807, 2.05) is 36.4 Å². The lowest BCUT2D eigenvalue weighted by Gasteiger charge is -2.42. The van der Waals surface area contributed by atoms with Crippen molar-refractivity contribution < 1.29 is 23.1 Å². The van der Waals surface area contributed by atoms with Crippen molar-refractivity contribution >= 4 is 22.4 Å². The summed E-state index contributed by atoms with van der Waals surface area (Å²) in [5.41, 5.74) is 1.10. The number of carbonyl (C=O) groups is 1. The van der Waals surface area contributed by atoms with Gasteiger partial charge in [0.15, 0.2) is 22.4 Å². The largest absolute Gasteiger partial charge is 0.411 e. The average Bonchev–Trinajstić information content (AvgIpc) is 2.78. The Bertz CT molecular complexity index is 735. The molecule has 2 rings (SSSR count). The molecule has 1 aromatic rings. The molecule has 0 aromatic heterocycles. The quantitative estimate of drug-likeness (QED) is 0.267. The molecule has 0 fully saturated rings. The van der Waals surface area contributed by atoms with Gasteiger partial charge >= 0.3 is 0 Å². The Hall–Kier alpha value is -1.10. The Morgan fingerprint density at radius 3 is 2.23 bits per heavy atom. The molecular weight excluding hydrogens is 424 g/mol. The van der Waals surface area contributed by atoms with Gasteiger partial charge in [0.2, 0.25) is 0 Å². The summed E-state index contributed by atoms with van der Waals surface area (Å²) < 4.78 is 24.7. The van der Waals surface area contributed by atoms with E-state index in [4.69, 9.17) is 18.3 Å². The molecule has 0 radical (unpaired) electrons. The van der Waals surface area contributed by atoms with Gasteiger partial charge in [-0.25, -0.2) is 0 Å². The van der Waals surface area contributed by atoms with Crippen LogP contribution >= 0.6 is 0 Å². The first-order chi connectivity index (χ1) is 14.3. The summed E-state index contributed by atoms with van der Waals surface area (Å²) in [5.74, 6) is -0.0394. The van der Waals surface area contributed by atoms with Gasteiger partial charge in [0.1, 0.15) is 12.9 Å². The van der Waals surface area contributed by atoms with Gasteiger partial charge in [0.05, 0.1) is 18.8 Å². The molecule has 0 N–H and O–H groups in total. The van der Waals surface area contributed by atoms with Crippen molar-refractivity contribution in [2.45, 2.75) is 89.9 Å². The number of hydrogen-bond acceptors (Lipinski definition) is 5. The van der Waals surface area contributed by atoms with Gasteiger partial charge in [-0.15, -0.1) is 0 Å². The van der Waals surface area contributed by atoms with Crippen molar-refractivity contribution in [3.63, 3.8) is 0 Å². The number of ketones is 1. The zero-order valence-electron chi connectivity index (χ0n) is 20.4. The summed E-state index contributed by atoms with van der Waals surface area (Å²) in [6, 6.07) is 9.99. The fourth-order valence-corrected chi connectivity index (χ4v) is 5.44. The number of rotatable bonds is 9. The number of ether oxygens (including phenoxy) is 2. The van der Waals surface area contributed by atoms with Gasteiger partial charge in [0.25, 0.3) is 0 Å². The highest BCUT2D eigenvalue weighted by Gasteiger charge is 2.44. The highest BCUT2D eigenvalue weighted by atomic mass is 28.4. The van der Waals surface area contributed by atoms with Crippen LogP contribution in [0.3, 0.4) is 0 Å². The minimum atomic E-state index is -2.10. The van der Waals surface area contributed by atoms with E-state index < -0.39 is 22.7 Å². The van der Waals surface area contributed by atoms with Crippen LogP contribution in [0.15, 0.2) is 42.5 Å². The standard InChI is InChI=1S/C24H40O5Si2/c1-24(2,3)31(7,8)28-22-16-20(14-15-21(25)23(22)29-30(4,5)6)27-18-26-17-19-12-10-9-11-13-19/h9-15,20,22-23H,16-18H2,1-8H3/t20-,22-,23-/m0/s1. The van der Waals surface area contributed by atoms with E-state index >= 15 is 0 Å². The second-order valence-electron chi connectivity index (χ2n) is 10.7. The molecule has 0 saturated heterocycles. The third-order valence-electron chi connectivity index (χ3n) is 5.77. The molecule has 0 spiro atoms. The Balaban J connectivity index is 2.08. The smallest absolute Gasteiger partial charge is 0.192 e. The third-order valence-corrected chi connectivity index (χ3v) is 11.2. The Kier molecular flexibility index (Phi) is 9.01. The van der Waals surface area contributed by atoms with E-state index in [0.717, 1.165) is 5.56 Å². The molecule has 31 heavy (non-hydrogen) atoms. The second-order valence-corrected chi connectivity index (χ2v) is 19.9. The Labute approximate surface area is 190 Å². The van der Waals surface area contributed by atoms with Crippen molar-refractivity contribution in [1.29, 1.82) is 0 Å². The molecule has 3 atom stereocenters. The van der Waals surface area contributed by atoms with Crippen molar-refractivity contribution in [1.82, 2.24) is 0 Å². The normalized spacial score (nSPS) is 23.1. The first-order valence-electron chi connectivity index (χ1n) is 11.1. The molecule has 0 unspecified atom stereocenters. The fourth-order valence-electron chi connectivity index (χ4n) is 3.08. The maximum atomic E-state index is 13.0. The van der Waals surface area contributed by atoms with Gasteiger partial charge < -0.3 is 18.3 Å². The third kappa shape index (κ3) is 8.40. The van der Waals surface area contributed by atoms with Crippen molar-refractivity contribution in [3.05, 3.63) is 48.0 Å². The van der Waals surface area contributed by atoms with E-state index in [0.29, 0.717) is 13.0 Å². The van der Waals surface area contributed by atoms with Crippen LogP contribution in [0.2, 0.25) is 37.8 Å². The van der Waals surface area contributed by atoms with E-state index in [9.17, 15) is 4.79 Å². The van der Waals surface area contributed by atoms with Gasteiger partial charge in [-0.05, 0) is 49.4 Å². The second kappa shape index (κ2) is 10.7. The summed E-state index contributed by atoms with van der Waals surface area (Å²) in [6.45, 7) is 18.0. The molecule has 0 saturated carbocycles. The molecule has 0 aliphatic heterocycles. The van der Waals surface area contributed by atoms with Crippen LogP contribution in [-0.4, -0.2) is 47.5 Å². The molecule has 0 bridgehead atoms. The van der Waals surface area contributed by atoms with Gasteiger partial charge in [-0.2, -0.15) is 0 Å². The lowest BCUT2D eigenvalue weighted by Crippen LogP contribution is -2.51. The highest BCUT2D eigenvalue weighted by Crippen LogP contribution is 2.39. The zero-order chi connectivity index (χ0) is 23.3. The van der Waals surface area contributed by atoms with E-state index in [-0.39, 0.29) is 29.8 Å².